The molecule has 0 spiro atoms. The minimum Gasteiger partial charge on any atom is -0.508 e. The highest BCUT2D eigenvalue weighted by molar-refractivity contribution is 5.78. The Hall–Kier alpha value is -2.73. The summed E-state index contributed by atoms with van der Waals surface area (Å²) in [6.45, 7) is 6.08. The van der Waals surface area contributed by atoms with Gasteiger partial charge in [0.1, 0.15) is 5.75 Å². The Kier molecular flexibility index (Phi) is 6.33. The normalized spacial score (nSPS) is 18.8. The van der Waals surface area contributed by atoms with Crippen LogP contribution in [0.2, 0.25) is 0 Å². The van der Waals surface area contributed by atoms with Crippen molar-refractivity contribution in [2.75, 3.05) is 19.9 Å². The van der Waals surface area contributed by atoms with Crippen LogP contribution in [0, 0.1) is 12.8 Å². The molecule has 1 fully saturated rings. The number of phenols is 1. The Labute approximate surface area is 171 Å². The van der Waals surface area contributed by atoms with Crippen LogP contribution >= 0.6 is 0 Å². The van der Waals surface area contributed by atoms with Crippen LogP contribution in [0.5, 0.6) is 17.2 Å². The fourth-order valence-corrected chi connectivity index (χ4v) is 4.31. The van der Waals surface area contributed by atoms with E-state index < -0.39 is 0 Å². The lowest BCUT2D eigenvalue weighted by molar-refractivity contribution is -0.133. The monoisotopic (exact) mass is 399 g/mol. The third-order valence-electron chi connectivity index (χ3n) is 5.82. The number of likely N-dealkylation sites (tertiary alicyclic amines) is 1. The number of carbonyl (C=O) groups excluding carboxylic acids is 1. The molecule has 2 heterocycles. The first-order chi connectivity index (χ1) is 13.5. The summed E-state index contributed by atoms with van der Waals surface area (Å²) in [4.78, 5) is 15.1. The van der Waals surface area contributed by atoms with E-state index in [-0.39, 0.29) is 29.8 Å². The number of fused-ring (bicyclic) bond motifs is 1. The van der Waals surface area contributed by atoms with Gasteiger partial charge >= 0.3 is 0 Å². The standard InChI is InChI=1S/C23H27NO4.H2O/c1-15-4-3-9-24(13-15)23(26)12-20(19-7-6-18(25)10-16(19)2)17-5-8-21-22(11-17)28-14-27-21;/h5-8,10-11,15,20,25H,3-4,9,12-14H2,1-2H3;1H2. The predicted octanol–water partition coefficient (Wildman–Crippen LogP) is 3.39. The molecule has 6 nitrogen and oxygen atoms in total. The topological polar surface area (TPSA) is 90.5 Å². The number of carbonyl (C=O) groups is 1. The Morgan fingerprint density at radius 1 is 1.21 bits per heavy atom. The van der Waals surface area contributed by atoms with Gasteiger partial charge in [0.15, 0.2) is 11.5 Å². The second-order valence-electron chi connectivity index (χ2n) is 8.00. The van der Waals surface area contributed by atoms with Crippen LogP contribution in [0.3, 0.4) is 0 Å². The molecule has 0 radical (unpaired) electrons. The smallest absolute Gasteiger partial charge is 0.231 e. The minimum absolute atomic E-state index is 0. The van der Waals surface area contributed by atoms with Gasteiger partial charge in [0, 0.05) is 25.4 Å². The zero-order valence-corrected chi connectivity index (χ0v) is 17.0. The number of ether oxygens (including phenoxy) is 2. The van der Waals surface area contributed by atoms with Gasteiger partial charge in [-0.15, -0.1) is 0 Å². The third kappa shape index (κ3) is 4.48. The molecular weight excluding hydrogens is 370 g/mol. The molecule has 2 aromatic rings. The number of aromatic hydroxyl groups is 1. The first-order valence-electron chi connectivity index (χ1n) is 9.98. The summed E-state index contributed by atoms with van der Waals surface area (Å²) in [5, 5.41) is 9.82. The average Bonchev–Trinajstić information content (AvgIpc) is 3.14. The first kappa shape index (κ1) is 21.0. The quantitative estimate of drug-likeness (QED) is 0.853. The number of nitrogens with zero attached hydrogens (tertiary/aromatic N) is 1. The van der Waals surface area contributed by atoms with E-state index in [4.69, 9.17) is 9.47 Å². The number of benzene rings is 2. The van der Waals surface area contributed by atoms with Crippen LogP contribution in [0.1, 0.15) is 48.8 Å². The van der Waals surface area contributed by atoms with E-state index >= 15 is 0 Å². The minimum atomic E-state index is -0.0974. The zero-order chi connectivity index (χ0) is 19.7. The second-order valence-corrected chi connectivity index (χ2v) is 8.00. The zero-order valence-electron chi connectivity index (χ0n) is 17.0. The summed E-state index contributed by atoms with van der Waals surface area (Å²) in [7, 11) is 0. The van der Waals surface area contributed by atoms with Crippen molar-refractivity contribution in [1.82, 2.24) is 4.90 Å². The lowest BCUT2D eigenvalue weighted by atomic mass is 9.85. The van der Waals surface area contributed by atoms with Crippen LogP contribution in [0.25, 0.3) is 0 Å². The average molecular weight is 399 g/mol. The predicted molar refractivity (Wildman–Crippen MR) is 110 cm³/mol. The Morgan fingerprint density at radius 2 is 2.00 bits per heavy atom. The Bertz CT molecular complexity index is 882. The van der Waals surface area contributed by atoms with Crippen molar-refractivity contribution in [2.45, 2.75) is 39.0 Å². The van der Waals surface area contributed by atoms with Crippen molar-refractivity contribution in [1.29, 1.82) is 0 Å². The molecule has 2 aliphatic rings. The molecule has 0 bridgehead atoms. The first-order valence-corrected chi connectivity index (χ1v) is 9.98. The number of piperidine rings is 1. The van der Waals surface area contributed by atoms with E-state index in [1.807, 2.05) is 36.1 Å². The number of amides is 1. The molecule has 2 atom stereocenters. The van der Waals surface area contributed by atoms with Crippen LogP contribution in [-0.4, -0.2) is 41.3 Å². The van der Waals surface area contributed by atoms with Gasteiger partial charge in [0.05, 0.1) is 0 Å². The summed E-state index contributed by atoms with van der Waals surface area (Å²) in [5.41, 5.74) is 3.05. The number of phenolic OH excluding ortho intramolecular Hbond substituents is 1. The molecule has 6 heteroatoms. The molecule has 156 valence electrons. The highest BCUT2D eigenvalue weighted by Crippen LogP contribution is 2.39. The molecule has 0 aliphatic carbocycles. The molecule has 1 amide bonds. The summed E-state index contributed by atoms with van der Waals surface area (Å²) in [5.74, 6) is 2.33. The van der Waals surface area contributed by atoms with E-state index in [1.54, 1.807) is 12.1 Å². The van der Waals surface area contributed by atoms with E-state index in [1.165, 1.54) is 6.42 Å². The maximum atomic E-state index is 13.1. The summed E-state index contributed by atoms with van der Waals surface area (Å²) >= 11 is 0. The molecule has 0 aromatic heterocycles. The van der Waals surface area contributed by atoms with Crippen molar-refractivity contribution >= 4 is 5.91 Å². The fraction of sp³-hybridized carbons (Fsp3) is 0.435. The van der Waals surface area contributed by atoms with Crippen molar-refractivity contribution in [3.8, 4) is 17.2 Å². The Balaban J connectivity index is 0.00000240. The van der Waals surface area contributed by atoms with E-state index in [2.05, 4.69) is 6.92 Å². The van der Waals surface area contributed by atoms with Crippen molar-refractivity contribution in [3.63, 3.8) is 0 Å². The van der Waals surface area contributed by atoms with Crippen molar-refractivity contribution < 1.29 is 24.9 Å². The van der Waals surface area contributed by atoms with Gasteiger partial charge in [-0.25, -0.2) is 0 Å². The van der Waals surface area contributed by atoms with Gasteiger partial charge in [-0.1, -0.05) is 19.1 Å². The molecule has 0 saturated carbocycles. The van der Waals surface area contributed by atoms with Crippen LogP contribution < -0.4 is 9.47 Å². The van der Waals surface area contributed by atoms with Gasteiger partial charge in [-0.2, -0.15) is 0 Å². The van der Waals surface area contributed by atoms with Gasteiger partial charge in [0.25, 0.3) is 0 Å². The van der Waals surface area contributed by atoms with E-state index in [0.29, 0.717) is 12.3 Å². The summed E-state index contributed by atoms with van der Waals surface area (Å²) in [6.07, 6.45) is 2.66. The van der Waals surface area contributed by atoms with Crippen LogP contribution in [0.15, 0.2) is 36.4 Å². The SMILES string of the molecule is Cc1cc(O)ccc1C(CC(=O)N1CCCC(C)C1)c1ccc2c(c1)OCO2.O. The van der Waals surface area contributed by atoms with E-state index in [0.717, 1.165) is 47.7 Å². The molecule has 2 unspecified atom stereocenters. The Morgan fingerprint density at radius 3 is 2.76 bits per heavy atom. The van der Waals surface area contributed by atoms with Crippen molar-refractivity contribution in [3.05, 3.63) is 53.1 Å². The molecule has 2 aliphatic heterocycles. The van der Waals surface area contributed by atoms with Gasteiger partial charge in [-0.05, 0) is 66.6 Å². The number of hydrogen-bond donors (Lipinski definition) is 1. The lowest BCUT2D eigenvalue weighted by Crippen LogP contribution is -2.39. The maximum Gasteiger partial charge on any atom is 0.231 e. The molecular formula is C23H29NO5. The van der Waals surface area contributed by atoms with Crippen molar-refractivity contribution in [2.24, 2.45) is 5.92 Å². The lowest BCUT2D eigenvalue weighted by Gasteiger charge is -2.32. The van der Waals surface area contributed by atoms with Gasteiger partial charge < -0.3 is 25.0 Å². The molecule has 29 heavy (non-hydrogen) atoms. The largest absolute Gasteiger partial charge is 0.508 e. The maximum absolute atomic E-state index is 13.1. The van der Waals surface area contributed by atoms with Crippen LogP contribution in [-0.2, 0) is 4.79 Å². The van der Waals surface area contributed by atoms with Gasteiger partial charge in [-0.3, -0.25) is 4.79 Å². The fourth-order valence-electron chi connectivity index (χ4n) is 4.31. The molecule has 4 rings (SSSR count). The number of aryl methyl sites for hydroxylation is 1. The highest BCUT2D eigenvalue weighted by Gasteiger charge is 2.27. The molecule has 2 aromatic carbocycles. The number of hydrogen-bond acceptors (Lipinski definition) is 4. The third-order valence-corrected chi connectivity index (χ3v) is 5.82. The second kappa shape index (κ2) is 8.74. The molecule has 3 N–H and O–H groups in total. The van der Waals surface area contributed by atoms with E-state index in [9.17, 15) is 9.90 Å². The molecule has 1 saturated heterocycles. The highest BCUT2D eigenvalue weighted by atomic mass is 16.7. The van der Waals surface area contributed by atoms with Gasteiger partial charge in [0.2, 0.25) is 12.7 Å². The van der Waals surface area contributed by atoms with Crippen LogP contribution in [0.4, 0.5) is 0 Å². The summed E-state index contributed by atoms with van der Waals surface area (Å²) < 4.78 is 11.0. The summed E-state index contributed by atoms with van der Waals surface area (Å²) in [6, 6.07) is 11.3. The number of rotatable bonds is 4.